The first-order valence-corrected chi connectivity index (χ1v) is 6.45. The van der Waals surface area contributed by atoms with E-state index in [-0.39, 0.29) is 0 Å². The molecular weight excluding hydrogens is 223 g/mol. The van der Waals surface area contributed by atoms with Crippen molar-refractivity contribution in [3.05, 3.63) is 42.5 Å². The van der Waals surface area contributed by atoms with Gasteiger partial charge in [0, 0.05) is 14.2 Å². The first-order valence-electron chi connectivity index (χ1n) is 4.91. The van der Waals surface area contributed by atoms with Gasteiger partial charge in [0.15, 0.2) is 0 Å². The summed E-state index contributed by atoms with van der Waals surface area (Å²) in [5.41, 5.74) is 0. The van der Waals surface area contributed by atoms with Crippen LogP contribution < -0.4 is 5.30 Å². The Morgan fingerprint density at radius 3 is 2.25 bits per heavy atom. The van der Waals surface area contributed by atoms with E-state index in [0.717, 1.165) is 10.8 Å². The predicted octanol–water partition coefficient (Wildman–Crippen LogP) is 2.95. The third-order valence-electron chi connectivity index (χ3n) is 2.54. The topological polar surface area (TPSA) is 35.5 Å². The largest absolute Gasteiger partial charge is 0.361 e. The number of hydrogen-bond acceptors (Lipinski definition) is 3. The molecule has 0 aliphatic carbocycles. The minimum Gasteiger partial charge on any atom is -0.309 e. The fraction of sp³-hybridized carbons (Fsp3) is 0.167. The van der Waals surface area contributed by atoms with Crippen LogP contribution in [0.5, 0.6) is 0 Å². The van der Waals surface area contributed by atoms with Crippen LogP contribution in [-0.2, 0) is 13.6 Å². The van der Waals surface area contributed by atoms with E-state index in [0.29, 0.717) is 5.30 Å². The number of rotatable bonds is 3. The molecule has 16 heavy (non-hydrogen) atoms. The van der Waals surface area contributed by atoms with Crippen molar-refractivity contribution in [3.8, 4) is 0 Å². The van der Waals surface area contributed by atoms with Crippen molar-refractivity contribution in [2.45, 2.75) is 0 Å². The first kappa shape index (κ1) is 11.3. The van der Waals surface area contributed by atoms with Crippen molar-refractivity contribution < 1.29 is 13.6 Å². The maximum atomic E-state index is 12.3. The Bertz CT molecular complexity index is 537. The molecule has 0 N–H and O–H groups in total. The van der Waals surface area contributed by atoms with E-state index < -0.39 is 7.60 Å². The second-order valence-electron chi connectivity index (χ2n) is 3.36. The summed E-state index contributed by atoms with van der Waals surface area (Å²) < 4.78 is 22.4. The van der Waals surface area contributed by atoms with E-state index in [9.17, 15) is 4.57 Å². The Hall–Kier alpha value is -1.15. The maximum absolute atomic E-state index is 12.3. The van der Waals surface area contributed by atoms with Crippen LogP contribution in [0.4, 0.5) is 0 Å². The van der Waals surface area contributed by atoms with E-state index in [4.69, 9.17) is 9.05 Å². The lowest BCUT2D eigenvalue weighted by molar-refractivity contribution is 0.287. The second kappa shape index (κ2) is 4.38. The maximum Gasteiger partial charge on any atom is 0.361 e. The van der Waals surface area contributed by atoms with Crippen molar-refractivity contribution in [3.63, 3.8) is 0 Å². The van der Waals surface area contributed by atoms with Gasteiger partial charge in [0.2, 0.25) is 0 Å². The summed E-state index contributed by atoms with van der Waals surface area (Å²) in [6.07, 6.45) is 0. The van der Waals surface area contributed by atoms with Crippen molar-refractivity contribution in [2.75, 3.05) is 14.2 Å². The zero-order chi connectivity index (χ0) is 11.6. The zero-order valence-corrected chi connectivity index (χ0v) is 10.1. The summed E-state index contributed by atoms with van der Waals surface area (Å²) in [5.74, 6) is 0. The third-order valence-corrected chi connectivity index (χ3v) is 4.48. The molecule has 0 fully saturated rings. The fourth-order valence-corrected chi connectivity index (χ4v) is 3.03. The van der Waals surface area contributed by atoms with Crippen molar-refractivity contribution in [2.24, 2.45) is 0 Å². The second-order valence-corrected chi connectivity index (χ2v) is 5.57. The predicted molar refractivity (Wildman–Crippen MR) is 65.2 cm³/mol. The zero-order valence-electron chi connectivity index (χ0n) is 9.21. The molecule has 0 saturated carbocycles. The van der Waals surface area contributed by atoms with Crippen LogP contribution in [-0.4, -0.2) is 14.2 Å². The minimum atomic E-state index is -3.18. The van der Waals surface area contributed by atoms with Gasteiger partial charge in [-0.25, -0.2) is 0 Å². The van der Waals surface area contributed by atoms with Gasteiger partial charge in [0.1, 0.15) is 0 Å². The molecule has 0 spiro atoms. The van der Waals surface area contributed by atoms with E-state index in [1.807, 2.05) is 36.4 Å². The van der Waals surface area contributed by atoms with Gasteiger partial charge < -0.3 is 9.05 Å². The van der Waals surface area contributed by atoms with Gasteiger partial charge in [-0.3, -0.25) is 4.57 Å². The van der Waals surface area contributed by atoms with Gasteiger partial charge in [0.05, 0.1) is 5.30 Å². The van der Waals surface area contributed by atoms with Crippen LogP contribution in [0, 0.1) is 0 Å². The molecule has 0 unspecified atom stereocenters. The van der Waals surface area contributed by atoms with Crippen LogP contribution in [0.25, 0.3) is 10.8 Å². The number of hydrogen-bond donors (Lipinski definition) is 0. The summed E-state index contributed by atoms with van der Waals surface area (Å²) >= 11 is 0. The monoisotopic (exact) mass is 236 g/mol. The van der Waals surface area contributed by atoms with Crippen molar-refractivity contribution in [1.29, 1.82) is 0 Å². The standard InChI is InChI=1S/C12H13O3P/c1-14-16(13,15-2)12-9-5-7-10-6-3-4-8-11(10)12/h3-9H,1-2H3. The lowest BCUT2D eigenvalue weighted by Crippen LogP contribution is -2.08. The summed E-state index contributed by atoms with van der Waals surface area (Å²) in [6.45, 7) is 0. The molecule has 2 rings (SSSR count). The number of benzene rings is 2. The van der Waals surface area contributed by atoms with Gasteiger partial charge in [0.25, 0.3) is 0 Å². The van der Waals surface area contributed by atoms with Crippen LogP contribution in [0.15, 0.2) is 42.5 Å². The Kier molecular flexibility index (Phi) is 3.10. The fourth-order valence-electron chi connectivity index (χ4n) is 1.72. The third kappa shape index (κ3) is 1.78. The van der Waals surface area contributed by atoms with Crippen LogP contribution in [0.3, 0.4) is 0 Å². The molecule has 3 nitrogen and oxygen atoms in total. The van der Waals surface area contributed by atoms with Gasteiger partial charge in [-0.05, 0) is 16.8 Å². The molecule has 84 valence electrons. The molecule has 2 aromatic rings. The highest BCUT2D eigenvalue weighted by Crippen LogP contribution is 2.46. The molecule has 2 aromatic carbocycles. The molecule has 0 amide bonds. The van der Waals surface area contributed by atoms with Gasteiger partial charge >= 0.3 is 7.60 Å². The Labute approximate surface area is 94.5 Å². The van der Waals surface area contributed by atoms with E-state index in [1.54, 1.807) is 6.07 Å². The summed E-state index contributed by atoms with van der Waals surface area (Å²) in [4.78, 5) is 0. The summed E-state index contributed by atoms with van der Waals surface area (Å²) in [5, 5.41) is 2.53. The molecule has 0 bridgehead atoms. The highest BCUT2D eigenvalue weighted by molar-refractivity contribution is 7.62. The Morgan fingerprint density at radius 1 is 0.938 bits per heavy atom. The van der Waals surface area contributed by atoms with Gasteiger partial charge in [-0.15, -0.1) is 0 Å². The van der Waals surface area contributed by atoms with E-state index in [2.05, 4.69) is 0 Å². The molecular formula is C12H13O3P. The first-order chi connectivity index (χ1) is 7.71. The van der Waals surface area contributed by atoms with Gasteiger partial charge in [-0.1, -0.05) is 36.4 Å². The van der Waals surface area contributed by atoms with Crippen molar-refractivity contribution in [1.82, 2.24) is 0 Å². The van der Waals surface area contributed by atoms with E-state index in [1.165, 1.54) is 14.2 Å². The molecule has 0 aliphatic rings. The molecule has 0 aromatic heterocycles. The quantitative estimate of drug-likeness (QED) is 0.768. The normalized spacial score (nSPS) is 11.9. The Balaban J connectivity index is 2.74. The average Bonchev–Trinajstić information content (AvgIpc) is 2.37. The molecule has 0 heterocycles. The summed E-state index contributed by atoms with van der Waals surface area (Å²) in [7, 11) is -0.389. The smallest absolute Gasteiger partial charge is 0.309 e. The molecule has 0 saturated heterocycles. The van der Waals surface area contributed by atoms with Gasteiger partial charge in [-0.2, -0.15) is 0 Å². The lowest BCUT2D eigenvalue weighted by atomic mass is 10.1. The number of fused-ring (bicyclic) bond motifs is 1. The highest BCUT2D eigenvalue weighted by atomic mass is 31.2. The summed E-state index contributed by atoms with van der Waals surface area (Å²) in [6, 6.07) is 13.3. The van der Waals surface area contributed by atoms with Crippen LogP contribution in [0.2, 0.25) is 0 Å². The average molecular weight is 236 g/mol. The SMILES string of the molecule is COP(=O)(OC)c1cccc2ccccc12. The van der Waals surface area contributed by atoms with Crippen molar-refractivity contribution >= 4 is 23.7 Å². The molecule has 0 radical (unpaired) electrons. The van der Waals surface area contributed by atoms with Crippen LogP contribution >= 0.6 is 7.60 Å². The lowest BCUT2D eigenvalue weighted by Gasteiger charge is -2.15. The molecule has 0 aliphatic heterocycles. The van der Waals surface area contributed by atoms with Crippen LogP contribution in [0.1, 0.15) is 0 Å². The van der Waals surface area contributed by atoms with E-state index >= 15 is 0 Å². The molecule has 4 heteroatoms. The molecule has 0 atom stereocenters. The minimum absolute atomic E-state index is 0.607. The Morgan fingerprint density at radius 2 is 1.56 bits per heavy atom. The highest BCUT2D eigenvalue weighted by Gasteiger charge is 2.26.